The Morgan fingerprint density at radius 2 is 1.68 bits per heavy atom. The van der Waals surface area contributed by atoms with E-state index in [1.54, 1.807) is 18.2 Å². The van der Waals surface area contributed by atoms with Gasteiger partial charge in [-0.25, -0.2) is 13.9 Å². The topological polar surface area (TPSA) is 83.5 Å². The fourth-order valence-electron chi connectivity index (χ4n) is 2.67. The molecule has 2 N–H and O–H groups in total. The molecule has 5 nitrogen and oxygen atoms in total. The maximum absolute atomic E-state index is 12.7. The van der Waals surface area contributed by atoms with Crippen molar-refractivity contribution < 1.29 is 18.4 Å². The minimum Gasteiger partial charge on any atom is -0.289 e. The van der Waals surface area contributed by atoms with E-state index in [2.05, 4.69) is 0 Å². The van der Waals surface area contributed by atoms with E-state index < -0.39 is 20.5 Å². The number of carbonyl (C=O) groups is 1. The van der Waals surface area contributed by atoms with Crippen molar-refractivity contribution in [3.8, 4) is 0 Å². The number of nitrogens with one attached hydrogen (secondary N) is 1. The third kappa shape index (κ3) is 2.26. The van der Waals surface area contributed by atoms with Gasteiger partial charge in [0.15, 0.2) is 14.6 Å². The predicted octanol–water partition coefficient (Wildman–Crippen LogP) is 1.67. The molecule has 0 saturated heterocycles. The van der Waals surface area contributed by atoms with Crippen molar-refractivity contribution in [2.75, 3.05) is 0 Å². The fraction of sp³-hybridized carbons (Fsp3) is 0.462. The number of carbonyl (C=O) groups excluding carboxylic acids is 1. The highest BCUT2D eigenvalue weighted by atomic mass is 32.2. The molecule has 0 unspecified atom stereocenters. The molecule has 0 atom stereocenters. The van der Waals surface area contributed by atoms with Crippen LogP contribution in [0.15, 0.2) is 35.2 Å². The first-order chi connectivity index (χ1) is 9.04. The molecule has 0 aliphatic heterocycles. The van der Waals surface area contributed by atoms with Crippen LogP contribution in [0.5, 0.6) is 0 Å². The van der Waals surface area contributed by atoms with Gasteiger partial charge in [0.05, 0.1) is 4.90 Å². The lowest BCUT2D eigenvalue weighted by molar-refractivity contribution is -0.132. The molecule has 1 saturated carbocycles. The van der Waals surface area contributed by atoms with E-state index in [1.807, 2.05) is 0 Å². The predicted molar refractivity (Wildman–Crippen MR) is 69.4 cm³/mol. The first kappa shape index (κ1) is 14.0. The molecule has 19 heavy (non-hydrogen) atoms. The molecule has 1 aromatic rings. The maximum atomic E-state index is 12.7. The Bertz CT molecular complexity index is 547. The second kappa shape index (κ2) is 5.30. The lowest BCUT2D eigenvalue weighted by Crippen LogP contribution is -2.52. The Labute approximate surface area is 112 Å². The van der Waals surface area contributed by atoms with Gasteiger partial charge in [-0.1, -0.05) is 37.5 Å². The van der Waals surface area contributed by atoms with Crippen molar-refractivity contribution in [3.63, 3.8) is 0 Å². The SMILES string of the molecule is O=C(NO)C1(S(=O)(=O)c2ccccc2)CCCCC1. The van der Waals surface area contributed by atoms with E-state index in [0.717, 1.165) is 6.42 Å². The minimum atomic E-state index is -3.81. The Kier molecular flexibility index (Phi) is 3.91. The molecule has 0 heterocycles. The van der Waals surface area contributed by atoms with E-state index in [0.29, 0.717) is 12.8 Å². The monoisotopic (exact) mass is 283 g/mol. The lowest BCUT2D eigenvalue weighted by atomic mass is 9.88. The van der Waals surface area contributed by atoms with Gasteiger partial charge >= 0.3 is 0 Å². The van der Waals surface area contributed by atoms with Gasteiger partial charge < -0.3 is 0 Å². The third-order valence-electron chi connectivity index (χ3n) is 3.74. The number of sulfone groups is 1. The Morgan fingerprint density at radius 1 is 1.11 bits per heavy atom. The summed E-state index contributed by atoms with van der Waals surface area (Å²) in [4.78, 5) is 12.1. The maximum Gasteiger partial charge on any atom is 0.265 e. The van der Waals surface area contributed by atoms with E-state index >= 15 is 0 Å². The second-order valence-electron chi connectivity index (χ2n) is 4.81. The zero-order chi connectivity index (χ0) is 13.9. The van der Waals surface area contributed by atoms with Crippen molar-refractivity contribution >= 4 is 15.7 Å². The third-order valence-corrected chi connectivity index (χ3v) is 6.26. The van der Waals surface area contributed by atoms with Gasteiger partial charge in [0.2, 0.25) is 0 Å². The highest BCUT2D eigenvalue weighted by molar-refractivity contribution is 7.93. The first-order valence-electron chi connectivity index (χ1n) is 6.29. The van der Waals surface area contributed by atoms with Gasteiger partial charge in [-0.3, -0.25) is 10.0 Å². The summed E-state index contributed by atoms with van der Waals surface area (Å²) in [6.07, 6.45) is 2.73. The summed E-state index contributed by atoms with van der Waals surface area (Å²) in [7, 11) is -3.81. The van der Waals surface area contributed by atoms with Crippen molar-refractivity contribution in [1.29, 1.82) is 0 Å². The standard InChI is InChI=1S/C13H17NO4S/c15-12(14-16)13(9-5-2-6-10-13)19(17,18)11-7-3-1-4-8-11/h1,3-4,7-8,16H,2,5-6,9-10H2,(H,14,15). The largest absolute Gasteiger partial charge is 0.289 e. The number of benzene rings is 1. The van der Waals surface area contributed by atoms with Crippen molar-refractivity contribution in [2.45, 2.75) is 41.7 Å². The quantitative estimate of drug-likeness (QED) is 0.653. The smallest absolute Gasteiger partial charge is 0.265 e. The molecule has 0 spiro atoms. The van der Waals surface area contributed by atoms with Crippen LogP contribution < -0.4 is 5.48 Å². The Morgan fingerprint density at radius 3 is 2.21 bits per heavy atom. The van der Waals surface area contributed by atoms with Crippen LogP contribution in [0, 0.1) is 0 Å². The number of rotatable bonds is 3. The second-order valence-corrected chi connectivity index (χ2v) is 7.07. The zero-order valence-electron chi connectivity index (χ0n) is 10.5. The number of hydrogen-bond donors (Lipinski definition) is 2. The van der Waals surface area contributed by atoms with Crippen molar-refractivity contribution in [1.82, 2.24) is 5.48 Å². The summed E-state index contributed by atoms with van der Waals surface area (Å²) in [5.41, 5.74) is 1.53. The molecular formula is C13H17NO4S. The molecule has 0 aromatic heterocycles. The number of hydrogen-bond acceptors (Lipinski definition) is 4. The molecule has 104 valence electrons. The van der Waals surface area contributed by atoms with Gasteiger partial charge in [-0.15, -0.1) is 0 Å². The molecule has 6 heteroatoms. The van der Waals surface area contributed by atoms with Crippen LogP contribution in [-0.4, -0.2) is 24.3 Å². The highest BCUT2D eigenvalue weighted by Gasteiger charge is 2.51. The van der Waals surface area contributed by atoms with Crippen LogP contribution >= 0.6 is 0 Å². The van der Waals surface area contributed by atoms with Gasteiger partial charge in [-0.2, -0.15) is 0 Å². The van der Waals surface area contributed by atoms with Crippen LogP contribution in [0.1, 0.15) is 32.1 Å². The van der Waals surface area contributed by atoms with Crippen LogP contribution in [0.3, 0.4) is 0 Å². The molecule has 1 fully saturated rings. The van der Waals surface area contributed by atoms with Crippen LogP contribution in [-0.2, 0) is 14.6 Å². The number of amides is 1. The normalized spacial score (nSPS) is 18.8. The van der Waals surface area contributed by atoms with E-state index in [-0.39, 0.29) is 17.7 Å². The molecular weight excluding hydrogens is 266 g/mol. The van der Waals surface area contributed by atoms with E-state index in [1.165, 1.54) is 17.6 Å². The molecule has 1 aliphatic rings. The minimum absolute atomic E-state index is 0.125. The molecule has 0 radical (unpaired) electrons. The van der Waals surface area contributed by atoms with Crippen molar-refractivity contribution in [3.05, 3.63) is 30.3 Å². The molecule has 0 bridgehead atoms. The number of hydroxylamine groups is 1. The summed E-state index contributed by atoms with van der Waals surface area (Å²) in [6, 6.07) is 7.94. The molecule has 1 aromatic carbocycles. The average Bonchev–Trinajstić information content (AvgIpc) is 2.47. The van der Waals surface area contributed by atoms with Crippen LogP contribution in [0.2, 0.25) is 0 Å². The highest BCUT2D eigenvalue weighted by Crippen LogP contribution is 2.39. The van der Waals surface area contributed by atoms with E-state index in [4.69, 9.17) is 5.21 Å². The molecule has 1 aliphatic carbocycles. The molecule has 2 rings (SSSR count). The summed E-state index contributed by atoms with van der Waals surface area (Å²) in [5, 5.41) is 8.90. The first-order valence-corrected chi connectivity index (χ1v) is 7.77. The van der Waals surface area contributed by atoms with Gasteiger partial charge in [0, 0.05) is 0 Å². The van der Waals surface area contributed by atoms with Crippen molar-refractivity contribution in [2.24, 2.45) is 0 Å². The summed E-state index contributed by atoms with van der Waals surface area (Å²) < 4.78 is 23.9. The van der Waals surface area contributed by atoms with E-state index in [9.17, 15) is 13.2 Å². The average molecular weight is 283 g/mol. The Balaban J connectivity index is 2.52. The van der Waals surface area contributed by atoms with Gasteiger partial charge in [-0.05, 0) is 25.0 Å². The molecule has 1 amide bonds. The Hall–Kier alpha value is -1.40. The summed E-state index contributed by atoms with van der Waals surface area (Å²) in [6.45, 7) is 0. The van der Waals surface area contributed by atoms with Crippen LogP contribution in [0.25, 0.3) is 0 Å². The zero-order valence-corrected chi connectivity index (χ0v) is 11.3. The summed E-state index contributed by atoms with van der Waals surface area (Å²) in [5.74, 6) is -0.823. The van der Waals surface area contributed by atoms with Gasteiger partial charge in [0.1, 0.15) is 0 Å². The van der Waals surface area contributed by atoms with Gasteiger partial charge in [0.25, 0.3) is 5.91 Å². The lowest BCUT2D eigenvalue weighted by Gasteiger charge is -2.34. The fourth-order valence-corrected chi connectivity index (χ4v) is 4.75. The van der Waals surface area contributed by atoms with Crippen LogP contribution in [0.4, 0.5) is 0 Å². The summed E-state index contributed by atoms with van der Waals surface area (Å²) >= 11 is 0.